The van der Waals surface area contributed by atoms with Gasteiger partial charge in [0.2, 0.25) is 11.9 Å². The highest BCUT2D eigenvalue weighted by molar-refractivity contribution is 5.89. The minimum atomic E-state index is -0.280. The molecule has 33 heavy (non-hydrogen) atoms. The van der Waals surface area contributed by atoms with E-state index in [4.69, 9.17) is 0 Å². The highest BCUT2D eigenvalue weighted by atomic mass is 19.1. The molecule has 7 heteroatoms. The van der Waals surface area contributed by atoms with Crippen LogP contribution in [-0.4, -0.2) is 20.7 Å². The van der Waals surface area contributed by atoms with Crippen molar-refractivity contribution in [2.24, 2.45) is 0 Å². The third kappa shape index (κ3) is 4.77. The number of carbonyl (C=O) groups excluding carboxylic acids is 1. The zero-order chi connectivity index (χ0) is 22.6. The van der Waals surface area contributed by atoms with Crippen LogP contribution in [0.4, 0.5) is 16.3 Å². The predicted octanol–water partition coefficient (Wildman–Crippen LogP) is 5.13. The third-order valence-electron chi connectivity index (χ3n) is 5.88. The van der Waals surface area contributed by atoms with E-state index < -0.39 is 0 Å². The lowest BCUT2D eigenvalue weighted by Crippen LogP contribution is -2.28. The number of nitrogens with one attached hydrogen (secondary N) is 2. The van der Waals surface area contributed by atoms with E-state index in [1.807, 2.05) is 48.5 Å². The molecule has 166 valence electrons. The highest BCUT2D eigenvalue weighted by Crippen LogP contribution is 2.38. The number of anilines is 2. The number of fused-ring (bicyclic) bond motifs is 1. The van der Waals surface area contributed by atoms with Crippen molar-refractivity contribution in [3.8, 4) is 0 Å². The Morgan fingerprint density at radius 3 is 2.39 bits per heavy atom. The molecule has 6 nitrogen and oxygen atoms in total. The lowest BCUT2D eigenvalue weighted by atomic mass is 9.93. The molecule has 5 rings (SSSR count). The molecule has 0 spiro atoms. The fourth-order valence-corrected chi connectivity index (χ4v) is 4.19. The van der Waals surface area contributed by atoms with Gasteiger partial charge in [0, 0.05) is 6.42 Å². The number of hydrogen-bond acceptors (Lipinski definition) is 4. The third-order valence-corrected chi connectivity index (χ3v) is 5.88. The summed E-state index contributed by atoms with van der Waals surface area (Å²) in [5.74, 6) is 0.413. The van der Waals surface area contributed by atoms with Crippen LogP contribution < -0.4 is 10.6 Å². The number of benzene rings is 3. The first kappa shape index (κ1) is 20.9. The number of carbonyl (C=O) groups is 1. The Morgan fingerprint density at radius 1 is 0.970 bits per heavy atom. The van der Waals surface area contributed by atoms with Crippen molar-refractivity contribution in [3.63, 3.8) is 0 Å². The second-order valence-electron chi connectivity index (χ2n) is 8.15. The van der Waals surface area contributed by atoms with Gasteiger partial charge in [-0.05, 0) is 41.7 Å². The summed E-state index contributed by atoms with van der Waals surface area (Å²) in [4.78, 5) is 17.1. The van der Waals surface area contributed by atoms with Crippen LogP contribution in [0.15, 0.2) is 84.9 Å². The summed E-state index contributed by atoms with van der Waals surface area (Å²) in [6.07, 6.45) is 1.70. The number of rotatable bonds is 6. The second kappa shape index (κ2) is 9.24. The molecule has 4 aromatic rings. The Morgan fingerprint density at radius 2 is 1.67 bits per heavy atom. The van der Waals surface area contributed by atoms with E-state index in [2.05, 4.69) is 32.8 Å². The summed E-state index contributed by atoms with van der Waals surface area (Å²) < 4.78 is 15.3. The van der Waals surface area contributed by atoms with Crippen molar-refractivity contribution in [2.45, 2.75) is 31.3 Å². The van der Waals surface area contributed by atoms with Gasteiger partial charge in [0.1, 0.15) is 5.82 Å². The van der Waals surface area contributed by atoms with Crippen LogP contribution in [0.1, 0.15) is 41.6 Å². The van der Waals surface area contributed by atoms with Crippen LogP contribution in [-0.2, 0) is 11.2 Å². The lowest BCUT2D eigenvalue weighted by Gasteiger charge is -2.31. The number of aromatic nitrogens is 3. The van der Waals surface area contributed by atoms with E-state index in [1.54, 1.807) is 16.8 Å². The van der Waals surface area contributed by atoms with Gasteiger partial charge in [-0.25, -0.2) is 9.07 Å². The van der Waals surface area contributed by atoms with Gasteiger partial charge >= 0.3 is 0 Å². The predicted molar refractivity (Wildman–Crippen MR) is 125 cm³/mol. The number of nitrogens with zero attached hydrogens (tertiary/aromatic N) is 3. The van der Waals surface area contributed by atoms with Gasteiger partial charge in [-0.2, -0.15) is 4.98 Å². The molecule has 2 heterocycles. The molecule has 1 aliphatic heterocycles. The van der Waals surface area contributed by atoms with E-state index in [0.717, 1.165) is 16.7 Å². The van der Waals surface area contributed by atoms with E-state index in [9.17, 15) is 9.18 Å². The quantitative estimate of drug-likeness (QED) is 0.435. The molecular weight excluding hydrogens is 417 g/mol. The number of amides is 1. The minimum Gasteiger partial charge on any atom is -0.347 e. The van der Waals surface area contributed by atoms with Crippen LogP contribution in [0.2, 0.25) is 0 Å². The first-order valence-corrected chi connectivity index (χ1v) is 11.0. The normalized spacial score (nSPS) is 17.1. The van der Waals surface area contributed by atoms with Crippen molar-refractivity contribution < 1.29 is 9.18 Å². The molecule has 1 aromatic heterocycles. The SMILES string of the molecule is O=C(CCc1ccccc1)Nc1nc2n(n1)C(c1ccc(F)cc1)CC(c1ccccc1)N2. The molecule has 0 saturated heterocycles. The molecule has 0 saturated carbocycles. The van der Waals surface area contributed by atoms with Gasteiger partial charge in [0.25, 0.3) is 5.95 Å². The molecule has 0 radical (unpaired) electrons. The number of hydrogen-bond donors (Lipinski definition) is 2. The van der Waals surface area contributed by atoms with Crippen LogP contribution in [0.3, 0.4) is 0 Å². The van der Waals surface area contributed by atoms with Gasteiger partial charge < -0.3 is 5.32 Å². The summed E-state index contributed by atoms with van der Waals surface area (Å²) >= 11 is 0. The number of aryl methyl sites for hydroxylation is 1. The van der Waals surface area contributed by atoms with Crippen LogP contribution in [0, 0.1) is 5.82 Å². The monoisotopic (exact) mass is 441 g/mol. The van der Waals surface area contributed by atoms with Gasteiger partial charge in [-0.15, -0.1) is 5.10 Å². The lowest BCUT2D eigenvalue weighted by molar-refractivity contribution is -0.116. The first-order chi connectivity index (χ1) is 16.2. The number of halogens is 1. The van der Waals surface area contributed by atoms with E-state index in [-0.39, 0.29) is 29.8 Å². The molecule has 1 aliphatic rings. The highest BCUT2D eigenvalue weighted by Gasteiger charge is 2.31. The standard InChI is InChI=1S/C26H24FN5O/c27-21-14-12-20(13-15-21)23-17-22(19-9-5-2-6-10-19)28-26-30-25(31-32(23)26)29-24(33)16-11-18-7-3-1-4-8-18/h1-10,12-15,22-23H,11,16-17H2,(H2,28,29,30,31,33). The Bertz CT molecular complexity index is 1220. The molecule has 3 aromatic carbocycles. The van der Waals surface area contributed by atoms with Crippen molar-refractivity contribution in [1.82, 2.24) is 14.8 Å². The molecule has 2 N–H and O–H groups in total. The Hall–Kier alpha value is -4.00. The van der Waals surface area contributed by atoms with Gasteiger partial charge in [-0.3, -0.25) is 10.1 Å². The first-order valence-electron chi connectivity index (χ1n) is 11.0. The maximum absolute atomic E-state index is 13.5. The fourth-order valence-electron chi connectivity index (χ4n) is 4.19. The molecule has 0 fully saturated rings. The average Bonchev–Trinajstić information content (AvgIpc) is 3.26. The Labute approximate surface area is 191 Å². The van der Waals surface area contributed by atoms with Crippen LogP contribution >= 0.6 is 0 Å². The van der Waals surface area contributed by atoms with E-state index >= 15 is 0 Å². The van der Waals surface area contributed by atoms with Crippen molar-refractivity contribution in [1.29, 1.82) is 0 Å². The van der Waals surface area contributed by atoms with Gasteiger partial charge in [-0.1, -0.05) is 72.8 Å². The minimum absolute atomic E-state index is 0.0135. The summed E-state index contributed by atoms with van der Waals surface area (Å²) in [5.41, 5.74) is 3.17. The van der Waals surface area contributed by atoms with E-state index in [0.29, 0.717) is 25.2 Å². The van der Waals surface area contributed by atoms with Crippen molar-refractivity contribution >= 4 is 17.8 Å². The smallest absolute Gasteiger partial charge is 0.250 e. The molecule has 2 atom stereocenters. The van der Waals surface area contributed by atoms with Crippen molar-refractivity contribution in [2.75, 3.05) is 10.6 Å². The Kier molecular flexibility index (Phi) is 5.85. The van der Waals surface area contributed by atoms with Crippen LogP contribution in [0.5, 0.6) is 0 Å². The van der Waals surface area contributed by atoms with Crippen LogP contribution in [0.25, 0.3) is 0 Å². The molecule has 1 amide bonds. The van der Waals surface area contributed by atoms with Gasteiger partial charge in [0.15, 0.2) is 0 Å². The largest absolute Gasteiger partial charge is 0.347 e. The molecule has 2 unspecified atom stereocenters. The molecule has 0 bridgehead atoms. The zero-order valence-electron chi connectivity index (χ0n) is 18.0. The molecule has 0 aliphatic carbocycles. The zero-order valence-corrected chi connectivity index (χ0v) is 18.0. The van der Waals surface area contributed by atoms with Gasteiger partial charge in [0.05, 0.1) is 12.1 Å². The van der Waals surface area contributed by atoms with E-state index in [1.165, 1.54) is 12.1 Å². The summed E-state index contributed by atoms with van der Waals surface area (Å²) in [7, 11) is 0. The Balaban J connectivity index is 1.38. The van der Waals surface area contributed by atoms with Crippen molar-refractivity contribution in [3.05, 3.63) is 107 Å². The maximum Gasteiger partial charge on any atom is 0.250 e. The summed E-state index contributed by atoms with van der Waals surface area (Å²) in [5, 5.41) is 10.8. The summed E-state index contributed by atoms with van der Waals surface area (Å²) in [6, 6.07) is 26.3. The summed E-state index contributed by atoms with van der Waals surface area (Å²) in [6.45, 7) is 0. The fraction of sp³-hybridized carbons (Fsp3) is 0.192. The topological polar surface area (TPSA) is 71.8 Å². The maximum atomic E-state index is 13.5. The molecular formula is C26H24FN5O. The average molecular weight is 442 g/mol. The second-order valence-corrected chi connectivity index (χ2v) is 8.15.